The number of amides is 2. The van der Waals surface area contributed by atoms with Gasteiger partial charge in [0.15, 0.2) is 0 Å². The number of hydrogen-bond donors (Lipinski definition) is 1. The maximum absolute atomic E-state index is 12.6. The molecule has 0 radical (unpaired) electrons. The van der Waals surface area contributed by atoms with E-state index in [9.17, 15) is 14.7 Å². The van der Waals surface area contributed by atoms with Crippen molar-refractivity contribution in [1.29, 1.82) is 0 Å². The number of carbonyl (C=O) groups excluding carboxylic acids is 2. The Morgan fingerprint density at radius 1 is 1.04 bits per heavy atom. The third-order valence-electron chi connectivity index (χ3n) is 5.28. The number of piperazine rings is 1. The lowest BCUT2D eigenvalue weighted by Crippen LogP contribution is -2.52. The molecule has 3 rings (SSSR count). The monoisotopic (exact) mass is 330 g/mol. The van der Waals surface area contributed by atoms with Gasteiger partial charge in [-0.25, -0.2) is 0 Å². The van der Waals surface area contributed by atoms with E-state index in [2.05, 4.69) is 6.92 Å². The number of nitrogens with zero attached hydrogens (tertiary/aromatic N) is 2. The fraction of sp³-hybridized carbons (Fsp3) is 0.579. The molecule has 0 spiro atoms. The van der Waals surface area contributed by atoms with Crippen LogP contribution in [0.15, 0.2) is 24.3 Å². The molecule has 1 saturated carbocycles. The van der Waals surface area contributed by atoms with Crippen LogP contribution >= 0.6 is 0 Å². The average molecular weight is 330 g/mol. The molecule has 130 valence electrons. The molecule has 0 bridgehead atoms. The van der Waals surface area contributed by atoms with Gasteiger partial charge < -0.3 is 14.9 Å². The summed E-state index contributed by atoms with van der Waals surface area (Å²) in [5, 5.41) is 9.91. The van der Waals surface area contributed by atoms with Crippen molar-refractivity contribution in [2.24, 2.45) is 5.92 Å². The highest BCUT2D eigenvalue weighted by atomic mass is 16.3. The van der Waals surface area contributed by atoms with Crippen molar-refractivity contribution < 1.29 is 14.7 Å². The zero-order valence-electron chi connectivity index (χ0n) is 14.3. The van der Waals surface area contributed by atoms with Gasteiger partial charge in [-0.3, -0.25) is 9.59 Å². The number of rotatable bonds is 3. The van der Waals surface area contributed by atoms with Crippen LogP contribution in [-0.4, -0.2) is 59.0 Å². The Morgan fingerprint density at radius 2 is 1.67 bits per heavy atom. The lowest BCUT2D eigenvalue weighted by molar-refractivity contribution is -0.139. The highest BCUT2D eigenvalue weighted by Crippen LogP contribution is 2.27. The Balaban J connectivity index is 1.56. The summed E-state index contributed by atoms with van der Waals surface area (Å²) >= 11 is 0. The average Bonchev–Trinajstić information content (AvgIpc) is 3.06. The lowest BCUT2D eigenvalue weighted by Gasteiger charge is -2.36. The fourth-order valence-corrected chi connectivity index (χ4v) is 3.66. The molecule has 1 N–H and O–H groups in total. The van der Waals surface area contributed by atoms with E-state index in [0.29, 0.717) is 31.7 Å². The van der Waals surface area contributed by atoms with Crippen LogP contribution in [0.25, 0.3) is 0 Å². The summed E-state index contributed by atoms with van der Waals surface area (Å²) < 4.78 is 0. The molecule has 1 aromatic rings. The maximum Gasteiger partial charge on any atom is 0.253 e. The molecular weight excluding hydrogens is 304 g/mol. The highest BCUT2D eigenvalue weighted by Gasteiger charge is 2.35. The summed E-state index contributed by atoms with van der Waals surface area (Å²) in [5.74, 6) is -0.154. The van der Waals surface area contributed by atoms with Crippen LogP contribution in [0.4, 0.5) is 0 Å². The smallest absolute Gasteiger partial charge is 0.253 e. The first-order chi connectivity index (χ1) is 11.6. The number of hydrogen-bond acceptors (Lipinski definition) is 3. The zero-order valence-corrected chi connectivity index (χ0v) is 14.3. The zero-order chi connectivity index (χ0) is 17.1. The molecule has 2 fully saturated rings. The van der Waals surface area contributed by atoms with Gasteiger partial charge in [-0.2, -0.15) is 0 Å². The Hall–Kier alpha value is -1.88. The Kier molecular flexibility index (Phi) is 5.19. The molecule has 2 unspecified atom stereocenters. The second kappa shape index (κ2) is 7.34. The van der Waals surface area contributed by atoms with Crippen LogP contribution in [0, 0.1) is 5.92 Å². The molecular formula is C19H26N2O3. The molecule has 1 heterocycles. The second-order valence-corrected chi connectivity index (χ2v) is 6.77. The van der Waals surface area contributed by atoms with Crippen molar-refractivity contribution in [1.82, 2.24) is 9.80 Å². The van der Waals surface area contributed by atoms with Crippen LogP contribution in [0.3, 0.4) is 0 Å². The maximum atomic E-state index is 12.6. The Bertz CT molecular complexity index is 591. The molecule has 5 nitrogen and oxygen atoms in total. The van der Waals surface area contributed by atoms with E-state index in [1.54, 1.807) is 0 Å². The molecule has 2 aliphatic rings. The van der Waals surface area contributed by atoms with Crippen molar-refractivity contribution in [2.75, 3.05) is 26.2 Å². The van der Waals surface area contributed by atoms with Crippen molar-refractivity contribution in [3.05, 3.63) is 35.4 Å². The summed E-state index contributed by atoms with van der Waals surface area (Å²) in [6.07, 6.45) is 2.90. The highest BCUT2D eigenvalue weighted by molar-refractivity contribution is 5.94. The van der Waals surface area contributed by atoms with Crippen molar-refractivity contribution in [3.63, 3.8) is 0 Å². The minimum atomic E-state index is -0.491. The normalized spacial score (nSPS) is 24.2. The summed E-state index contributed by atoms with van der Waals surface area (Å²) in [5.41, 5.74) is 1.93. The lowest BCUT2D eigenvalue weighted by atomic mass is 10.0. The first-order valence-electron chi connectivity index (χ1n) is 8.95. The Morgan fingerprint density at radius 3 is 2.21 bits per heavy atom. The van der Waals surface area contributed by atoms with E-state index in [1.807, 2.05) is 34.1 Å². The van der Waals surface area contributed by atoms with E-state index in [4.69, 9.17) is 0 Å². The third-order valence-corrected chi connectivity index (χ3v) is 5.28. The van der Waals surface area contributed by atoms with Crippen LogP contribution in [0.1, 0.15) is 42.1 Å². The number of aryl methyl sites for hydroxylation is 1. The predicted molar refractivity (Wildman–Crippen MR) is 91.7 cm³/mol. The van der Waals surface area contributed by atoms with Crippen molar-refractivity contribution >= 4 is 11.8 Å². The van der Waals surface area contributed by atoms with Gasteiger partial charge in [-0.15, -0.1) is 0 Å². The Labute approximate surface area is 143 Å². The van der Waals surface area contributed by atoms with Gasteiger partial charge in [0.2, 0.25) is 5.91 Å². The molecule has 0 aromatic heterocycles. The minimum absolute atomic E-state index is 0.0330. The molecule has 1 saturated heterocycles. The number of aliphatic hydroxyl groups is 1. The number of benzene rings is 1. The van der Waals surface area contributed by atoms with Crippen LogP contribution in [-0.2, 0) is 11.2 Å². The first kappa shape index (κ1) is 17.0. The van der Waals surface area contributed by atoms with E-state index in [-0.39, 0.29) is 17.7 Å². The fourth-order valence-electron chi connectivity index (χ4n) is 3.66. The SMILES string of the molecule is CCc1ccc(C(=O)N2CCN(C(=O)C3CCCC3O)CC2)cc1. The standard InChI is InChI=1S/C19H26N2O3/c1-2-14-6-8-15(9-7-14)18(23)20-10-12-21(13-11-20)19(24)16-4-3-5-17(16)22/h6-9,16-17,22H,2-5,10-13H2,1H3. The van der Waals surface area contributed by atoms with Gasteiger partial charge in [-0.1, -0.05) is 19.1 Å². The molecule has 1 aliphatic carbocycles. The molecule has 24 heavy (non-hydrogen) atoms. The molecule has 2 atom stereocenters. The predicted octanol–water partition coefficient (Wildman–Crippen LogP) is 1.69. The molecule has 2 amide bonds. The summed E-state index contributed by atoms with van der Waals surface area (Å²) in [4.78, 5) is 28.7. The van der Waals surface area contributed by atoms with E-state index < -0.39 is 6.10 Å². The van der Waals surface area contributed by atoms with Crippen LogP contribution in [0.5, 0.6) is 0 Å². The van der Waals surface area contributed by atoms with Crippen LogP contribution < -0.4 is 0 Å². The van der Waals surface area contributed by atoms with E-state index in [0.717, 1.165) is 25.7 Å². The van der Waals surface area contributed by atoms with Gasteiger partial charge in [0.1, 0.15) is 0 Å². The largest absolute Gasteiger partial charge is 0.392 e. The van der Waals surface area contributed by atoms with Gasteiger partial charge in [0, 0.05) is 31.7 Å². The summed E-state index contributed by atoms with van der Waals surface area (Å²) in [6.45, 7) is 4.32. The van der Waals surface area contributed by atoms with Crippen LogP contribution in [0.2, 0.25) is 0 Å². The van der Waals surface area contributed by atoms with E-state index >= 15 is 0 Å². The van der Waals surface area contributed by atoms with Gasteiger partial charge >= 0.3 is 0 Å². The van der Waals surface area contributed by atoms with Gasteiger partial charge in [-0.05, 0) is 43.4 Å². The number of aliphatic hydroxyl groups excluding tert-OH is 1. The van der Waals surface area contributed by atoms with Crippen molar-refractivity contribution in [2.45, 2.75) is 38.7 Å². The molecule has 1 aliphatic heterocycles. The van der Waals surface area contributed by atoms with Gasteiger partial charge in [0.25, 0.3) is 5.91 Å². The quantitative estimate of drug-likeness (QED) is 0.917. The first-order valence-corrected chi connectivity index (χ1v) is 8.95. The van der Waals surface area contributed by atoms with Gasteiger partial charge in [0.05, 0.1) is 12.0 Å². The van der Waals surface area contributed by atoms with Crippen molar-refractivity contribution in [3.8, 4) is 0 Å². The molecule has 5 heteroatoms. The second-order valence-electron chi connectivity index (χ2n) is 6.77. The van der Waals surface area contributed by atoms with E-state index in [1.165, 1.54) is 5.56 Å². The molecule has 1 aromatic carbocycles. The minimum Gasteiger partial charge on any atom is -0.392 e. The topological polar surface area (TPSA) is 60.9 Å². The summed E-state index contributed by atoms with van der Waals surface area (Å²) in [6, 6.07) is 7.75. The summed E-state index contributed by atoms with van der Waals surface area (Å²) in [7, 11) is 0. The number of carbonyl (C=O) groups is 2. The third kappa shape index (κ3) is 3.46.